The van der Waals surface area contributed by atoms with E-state index < -0.39 is 0 Å². The summed E-state index contributed by atoms with van der Waals surface area (Å²) in [5, 5.41) is 27.9. The first-order valence-corrected chi connectivity index (χ1v) is 6.09. The van der Waals surface area contributed by atoms with Crippen LogP contribution in [0.15, 0.2) is 48.5 Å². The Hall–Kier alpha value is -2.47. The fourth-order valence-electron chi connectivity index (χ4n) is 2.13. The summed E-state index contributed by atoms with van der Waals surface area (Å²) < 4.78 is 0. The number of aromatic hydroxyl groups is 2. The molecule has 0 aromatic heterocycles. The number of nitrogens with zero attached hydrogens (tertiary/aromatic N) is 1. The van der Waals surface area contributed by atoms with Gasteiger partial charge < -0.3 is 10.2 Å². The lowest BCUT2D eigenvalue weighted by molar-refractivity contribution is 0.473. The Balaban J connectivity index is 2.29. The minimum Gasteiger partial charge on any atom is -0.508 e. The van der Waals surface area contributed by atoms with Gasteiger partial charge in [0.2, 0.25) is 0 Å². The van der Waals surface area contributed by atoms with Crippen molar-refractivity contribution in [2.24, 2.45) is 0 Å². The van der Waals surface area contributed by atoms with Crippen LogP contribution in [0, 0.1) is 11.3 Å². The highest BCUT2D eigenvalue weighted by atomic mass is 16.3. The van der Waals surface area contributed by atoms with Gasteiger partial charge in [-0.25, -0.2) is 0 Å². The van der Waals surface area contributed by atoms with Crippen LogP contribution in [0.4, 0.5) is 0 Å². The number of rotatable bonds is 3. The van der Waals surface area contributed by atoms with Crippen LogP contribution < -0.4 is 0 Å². The Morgan fingerprint density at radius 1 is 0.842 bits per heavy atom. The van der Waals surface area contributed by atoms with Gasteiger partial charge in [0.25, 0.3) is 0 Å². The van der Waals surface area contributed by atoms with Gasteiger partial charge in [0.05, 0.1) is 12.0 Å². The van der Waals surface area contributed by atoms with E-state index in [1.807, 2.05) is 19.1 Å². The molecular formula is C16H15NO2. The predicted molar refractivity (Wildman–Crippen MR) is 73.0 cm³/mol. The molecule has 2 aromatic rings. The Bertz CT molecular complexity index is 582. The normalized spacial score (nSPS) is 13.5. The number of hydrogen-bond donors (Lipinski definition) is 2. The number of nitriles is 1. The van der Waals surface area contributed by atoms with Crippen LogP contribution in [0.1, 0.15) is 29.9 Å². The van der Waals surface area contributed by atoms with Crippen molar-refractivity contribution >= 4 is 0 Å². The summed E-state index contributed by atoms with van der Waals surface area (Å²) >= 11 is 0. The van der Waals surface area contributed by atoms with E-state index in [4.69, 9.17) is 0 Å². The summed E-state index contributed by atoms with van der Waals surface area (Å²) in [5.41, 5.74) is 1.87. The van der Waals surface area contributed by atoms with Gasteiger partial charge in [-0.05, 0) is 35.4 Å². The van der Waals surface area contributed by atoms with Crippen LogP contribution in [0.5, 0.6) is 11.5 Å². The van der Waals surface area contributed by atoms with E-state index in [-0.39, 0.29) is 23.3 Å². The third-order valence-corrected chi connectivity index (χ3v) is 3.31. The van der Waals surface area contributed by atoms with Crippen molar-refractivity contribution < 1.29 is 10.2 Å². The molecule has 96 valence electrons. The lowest BCUT2D eigenvalue weighted by Gasteiger charge is -2.18. The van der Waals surface area contributed by atoms with E-state index in [1.54, 1.807) is 36.4 Å². The first kappa shape index (κ1) is 13.0. The van der Waals surface area contributed by atoms with Gasteiger partial charge in [0, 0.05) is 5.92 Å². The molecular weight excluding hydrogens is 238 g/mol. The number of hydrogen-bond acceptors (Lipinski definition) is 3. The van der Waals surface area contributed by atoms with Crippen molar-refractivity contribution in [3.05, 3.63) is 59.7 Å². The van der Waals surface area contributed by atoms with Crippen LogP contribution in [0.2, 0.25) is 0 Å². The van der Waals surface area contributed by atoms with Crippen molar-refractivity contribution in [2.75, 3.05) is 0 Å². The SMILES string of the molecule is C[C@H](c1ccc(O)cc1)[C@@H](C#N)c1ccc(O)cc1. The molecule has 19 heavy (non-hydrogen) atoms. The van der Waals surface area contributed by atoms with E-state index in [0.717, 1.165) is 11.1 Å². The maximum Gasteiger partial charge on any atom is 0.115 e. The Labute approximate surface area is 112 Å². The molecule has 0 spiro atoms. The Kier molecular flexibility index (Phi) is 3.72. The van der Waals surface area contributed by atoms with Crippen LogP contribution in [0.25, 0.3) is 0 Å². The van der Waals surface area contributed by atoms with Crippen LogP contribution in [-0.4, -0.2) is 10.2 Å². The van der Waals surface area contributed by atoms with Gasteiger partial charge in [-0.15, -0.1) is 0 Å². The van der Waals surface area contributed by atoms with Gasteiger partial charge in [0.15, 0.2) is 0 Å². The van der Waals surface area contributed by atoms with Crippen LogP contribution in [0.3, 0.4) is 0 Å². The predicted octanol–water partition coefficient (Wildman–Crippen LogP) is 3.51. The van der Waals surface area contributed by atoms with Gasteiger partial charge in [-0.3, -0.25) is 0 Å². The van der Waals surface area contributed by atoms with Crippen molar-refractivity contribution in [3.8, 4) is 17.6 Å². The van der Waals surface area contributed by atoms with Crippen LogP contribution in [-0.2, 0) is 0 Å². The molecule has 2 atom stereocenters. The van der Waals surface area contributed by atoms with Gasteiger partial charge in [-0.1, -0.05) is 31.2 Å². The Morgan fingerprint density at radius 2 is 1.26 bits per heavy atom. The molecule has 0 aliphatic heterocycles. The molecule has 2 aromatic carbocycles. The smallest absolute Gasteiger partial charge is 0.115 e. The second-order valence-electron chi connectivity index (χ2n) is 4.58. The lowest BCUT2D eigenvalue weighted by atomic mass is 9.83. The summed E-state index contributed by atoms with van der Waals surface area (Å²) in [6.45, 7) is 1.98. The van der Waals surface area contributed by atoms with E-state index in [9.17, 15) is 15.5 Å². The molecule has 3 nitrogen and oxygen atoms in total. The molecule has 0 fully saturated rings. The zero-order chi connectivity index (χ0) is 13.8. The molecule has 0 radical (unpaired) electrons. The average Bonchev–Trinajstić information content (AvgIpc) is 2.42. The molecule has 2 N–H and O–H groups in total. The highest BCUT2D eigenvalue weighted by Crippen LogP contribution is 2.33. The van der Waals surface area contributed by atoms with Crippen molar-refractivity contribution in [2.45, 2.75) is 18.8 Å². The monoisotopic (exact) mass is 253 g/mol. The second-order valence-corrected chi connectivity index (χ2v) is 4.58. The topological polar surface area (TPSA) is 64.2 Å². The summed E-state index contributed by atoms with van der Waals surface area (Å²) in [5.74, 6) is 0.132. The molecule has 0 unspecified atom stereocenters. The minimum absolute atomic E-state index is 0.00939. The van der Waals surface area contributed by atoms with E-state index >= 15 is 0 Å². The van der Waals surface area contributed by atoms with E-state index in [2.05, 4.69) is 6.07 Å². The molecule has 0 aliphatic rings. The maximum atomic E-state index is 9.37. The first-order valence-electron chi connectivity index (χ1n) is 6.09. The highest BCUT2D eigenvalue weighted by molar-refractivity contribution is 5.37. The summed E-state index contributed by atoms with van der Waals surface area (Å²) in [6, 6.07) is 15.9. The third kappa shape index (κ3) is 2.86. The average molecular weight is 253 g/mol. The molecule has 0 saturated carbocycles. The van der Waals surface area contributed by atoms with Gasteiger partial charge >= 0.3 is 0 Å². The molecule has 0 saturated heterocycles. The summed E-state index contributed by atoms with van der Waals surface area (Å²) in [4.78, 5) is 0. The summed E-state index contributed by atoms with van der Waals surface area (Å²) in [6.07, 6.45) is 0. The zero-order valence-corrected chi connectivity index (χ0v) is 10.6. The minimum atomic E-state index is -0.287. The fraction of sp³-hybridized carbons (Fsp3) is 0.188. The first-order chi connectivity index (χ1) is 9.11. The third-order valence-electron chi connectivity index (χ3n) is 3.31. The highest BCUT2D eigenvalue weighted by Gasteiger charge is 2.20. The molecule has 2 rings (SSSR count). The molecule has 3 heteroatoms. The van der Waals surface area contributed by atoms with Gasteiger partial charge in [-0.2, -0.15) is 5.26 Å². The van der Waals surface area contributed by atoms with Crippen LogP contribution >= 0.6 is 0 Å². The molecule has 0 heterocycles. The van der Waals surface area contributed by atoms with E-state index in [0.29, 0.717) is 0 Å². The summed E-state index contributed by atoms with van der Waals surface area (Å²) in [7, 11) is 0. The molecule has 0 bridgehead atoms. The number of phenolic OH excluding ortho intramolecular Hbond substituents is 2. The quantitative estimate of drug-likeness (QED) is 0.879. The van der Waals surface area contributed by atoms with Crippen molar-refractivity contribution in [1.29, 1.82) is 5.26 Å². The number of phenols is 2. The fourth-order valence-corrected chi connectivity index (χ4v) is 2.13. The standard InChI is InChI=1S/C16H15NO2/c1-11(12-2-6-14(18)7-3-12)16(10-17)13-4-8-15(19)9-5-13/h2-9,11,16,18-19H,1H3/t11-,16-/m1/s1. The maximum absolute atomic E-state index is 9.37. The Morgan fingerprint density at radius 3 is 1.68 bits per heavy atom. The van der Waals surface area contributed by atoms with Crippen molar-refractivity contribution in [3.63, 3.8) is 0 Å². The lowest BCUT2D eigenvalue weighted by Crippen LogP contribution is -2.06. The largest absolute Gasteiger partial charge is 0.508 e. The van der Waals surface area contributed by atoms with E-state index in [1.165, 1.54) is 0 Å². The molecule has 0 amide bonds. The molecule has 0 aliphatic carbocycles. The number of benzene rings is 2. The zero-order valence-electron chi connectivity index (χ0n) is 10.6. The van der Waals surface area contributed by atoms with Gasteiger partial charge in [0.1, 0.15) is 11.5 Å². The second kappa shape index (κ2) is 5.45. The van der Waals surface area contributed by atoms with Crippen molar-refractivity contribution in [1.82, 2.24) is 0 Å².